The number of halogens is 1. The van der Waals surface area contributed by atoms with Gasteiger partial charge in [0.05, 0.1) is 0 Å². The Kier molecular flexibility index (Phi) is 7.17. The molecule has 4 heteroatoms. The molecule has 0 spiro atoms. The van der Waals surface area contributed by atoms with Crippen LogP contribution in [0.5, 0.6) is 0 Å². The molecule has 4 fully saturated rings. The van der Waals surface area contributed by atoms with Crippen LogP contribution in [-0.2, 0) is 10.4 Å². The number of hydrogen-bond donors (Lipinski definition) is 2. The Morgan fingerprint density at radius 1 is 0.900 bits per heavy atom. The number of alkyl halides is 1. The molecular formula is C36H47FO3. The summed E-state index contributed by atoms with van der Waals surface area (Å²) in [5.74, 6) is 2.46. The molecule has 4 saturated carbocycles. The zero-order chi connectivity index (χ0) is 28.3. The van der Waals surface area contributed by atoms with Gasteiger partial charge in [-0.05, 0) is 121 Å². The normalized spacial score (nSPS) is 41.4. The predicted molar refractivity (Wildman–Crippen MR) is 157 cm³/mol. The third-order valence-corrected chi connectivity index (χ3v) is 12.8. The minimum atomic E-state index is -1.42. The van der Waals surface area contributed by atoms with E-state index in [-0.39, 0.29) is 17.3 Å². The molecule has 0 saturated heterocycles. The molecule has 40 heavy (non-hydrogen) atoms. The van der Waals surface area contributed by atoms with Crippen LogP contribution in [0.15, 0.2) is 54.6 Å². The lowest BCUT2D eigenvalue weighted by molar-refractivity contribution is -0.184. The Labute approximate surface area is 239 Å². The van der Waals surface area contributed by atoms with Crippen molar-refractivity contribution < 1.29 is 19.4 Å². The Morgan fingerprint density at radius 2 is 1.57 bits per heavy atom. The zero-order valence-corrected chi connectivity index (χ0v) is 24.5. The third kappa shape index (κ3) is 4.44. The van der Waals surface area contributed by atoms with Crippen molar-refractivity contribution in [2.75, 3.05) is 0 Å². The number of carboxylic acid groups (broad SMARTS) is 1. The van der Waals surface area contributed by atoms with Crippen molar-refractivity contribution in [1.29, 1.82) is 0 Å². The molecule has 1 unspecified atom stereocenters. The van der Waals surface area contributed by atoms with Gasteiger partial charge in [0, 0.05) is 6.42 Å². The van der Waals surface area contributed by atoms with Crippen LogP contribution in [0.25, 0.3) is 11.1 Å². The van der Waals surface area contributed by atoms with Crippen molar-refractivity contribution >= 4 is 5.97 Å². The van der Waals surface area contributed by atoms with E-state index >= 15 is 4.39 Å². The number of hydrogen-bond acceptors (Lipinski definition) is 2. The van der Waals surface area contributed by atoms with Gasteiger partial charge >= 0.3 is 5.97 Å². The highest BCUT2D eigenvalue weighted by Crippen LogP contribution is 2.69. The highest BCUT2D eigenvalue weighted by atomic mass is 19.1. The van der Waals surface area contributed by atoms with Crippen LogP contribution >= 0.6 is 0 Å². The first-order valence-corrected chi connectivity index (χ1v) is 15.8. The van der Waals surface area contributed by atoms with Crippen molar-refractivity contribution in [2.24, 2.45) is 46.3 Å². The molecular weight excluding hydrogens is 499 g/mol. The van der Waals surface area contributed by atoms with Crippen LogP contribution in [0, 0.1) is 46.3 Å². The smallest absolute Gasteiger partial charge is 0.303 e. The van der Waals surface area contributed by atoms with Crippen LogP contribution < -0.4 is 0 Å². The van der Waals surface area contributed by atoms with E-state index < -0.39 is 17.7 Å². The van der Waals surface area contributed by atoms with Gasteiger partial charge in [0.25, 0.3) is 0 Å². The van der Waals surface area contributed by atoms with Gasteiger partial charge in [-0.2, -0.15) is 0 Å². The second kappa shape index (κ2) is 10.3. The van der Waals surface area contributed by atoms with Gasteiger partial charge in [-0.3, -0.25) is 4.79 Å². The van der Waals surface area contributed by atoms with E-state index in [0.717, 1.165) is 30.4 Å². The molecule has 0 aliphatic heterocycles. The van der Waals surface area contributed by atoms with E-state index in [0.29, 0.717) is 53.9 Å². The molecule has 0 radical (unpaired) electrons. The molecule has 2 aromatic rings. The number of carboxylic acids is 1. The van der Waals surface area contributed by atoms with E-state index in [2.05, 4.69) is 32.9 Å². The maximum absolute atomic E-state index is 16.3. The number of benzene rings is 2. The fraction of sp³-hybridized carbons (Fsp3) is 0.639. The number of aliphatic hydroxyl groups is 1. The van der Waals surface area contributed by atoms with Gasteiger partial charge in [-0.15, -0.1) is 0 Å². The maximum Gasteiger partial charge on any atom is 0.303 e. The molecule has 4 aliphatic rings. The zero-order valence-electron chi connectivity index (χ0n) is 24.5. The maximum atomic E-state index is 16.3. The minimum Gasteiger partial charge on any atom is -0.481 e. The van der Waals surface area contributed by atoms with E-state index in [4.69, 9.17) is 0 Å². The molecule has 0 heterocycles. The van der Waals surface area contributed by atoms with Crippen LogP contribution in [0.2, 0.25) is 0 Å². The Balaban J connectivity index is 1.19. The highest BCUT2D eigenvalue weighted by molar-refractivity contribution is 5.66. The van der Waals surface area contributed by atoms with Gasteiger partial charge in [0.2, 0.25) is 0 Å². The fourth-order valence-electron chi connectivity index (χ4n) is 10.7. The molecule has 10 atom stereocenters. The second-order valence-corrected chi connectivity index (χ2v) is 14.5. The Morgan fingerprint density at radius 3 is 2.27 bits per heavy atom. The largest absolute Gasteiger partial charge is 0.481 e. The monoisotopic (exact) mass is 546 g/mol. The molecule has 0 aromatic heterocycles. The molecule has 4 aliphatic carbocycles. The first-order chi connectivity index (χ1) is 19.1. The number of rotatable bonds is 6. The molecule has 2 N–H and O–H groups in total. The summed E-state index contributed by atoms with van der Waals surface area (Å²) in [6.07, 6.45) is 7.72. The number of aliphatic carboxylic acids is 1. The summed E-state index contributed by atoms with van der Waals surface area (Å²) in [5.41, 5.74) is 1.70. The number of carbonyl (C=O) groups is 1. The standard InChI is InChI=1S/C36H47FO3/c1-23(9-18-33(38)39)29-16-17-30-28-15-14-27-21-36(40,26-12-10-25(11-13-26)24-7-5-4-6-8-24)32(37)22-35(27,3)31(28)19-20-34(29,30)2/h4-8,10-13,23,27-32,40H,9,14-22H2,1-3H3,(H,38,39)/t23-,27-,28+,29-,30+,31+,32?,34-,35+,36+/m1/s1. The first kappa shape index (κ1) is 27.9. The summed E-state index contributed by atoms with van der Waals surface area (Å²) in [4.78, 5) is 11.2. The van der Waals surface area contributed by atoms with Crippen molar-refractivity contribution in [3.8, 4) is 11.1 Å². The van der Waals surface area contributed by atoms with Crippen LogP contribution in [0.4, 0.5) is 4.39 Å². The van der Waals surface area contributed by atoms with E-state index in [9.17, 15) is 15.0 Å². The summed E-state index contributed by atoms with van der Waals surface area (Å²) >= 11 is 0. The molecule has 6 rings (SSSR count). The average molecular weight is 547 g/mol. The molecule has 2 aromatic carbocycles. The quantitative estimate of drug-likeness (QED) is 0.381. The Hall–Kier alpha value is -2.20. The summed E-state index contributed by atoms with van der Waals surface area (Å²) < 4.78 is 16.3. The van der Waals surface area contributed by atoms with Crippen molar-refractivity contribution in [2.45, 2.75) is 96.8 Å². The molecule has 0 bridgehead atoms. The predicted octanol–water partition coefficient (Wildman–Crippen LogP) is 8.65. The van der Waals surface area contributed by atoms with E-state index in [1.54, 1.807) is 0 Å². The van der Waals surface area contributed by atoms with Crippen molar-refractivity contribution in [3.05, 3.63) is 60.2 Å². The molecule has 0 amide bonds. The SMILES string of the molecule is C[C@H](CCC(=O)O)[C@H]1CC[C@H]2[C@@H]3CC[C@@H]4C[C@](O)(c5ccc(-c6ccccc6)cc5)C(F)C[C@]4(C)[C@H]3CC[C@]12C. The Bertz CT molecular complexity index is 1210. The van der Waals surface area contributed by atoms with Gasteiger partial charge in [0.1, 0.15) is 11.8 Å². The molecule has 216 valence electrons. The van der Waals surface area contributed by atoms with Crippen molar-refractivity contribution in [3.63, 3.8) is 0 Å². The fourth-order valence-corrected chi connectivity index (χ4v) is 10.7. The summed E-state index contributed by atoms with van der Waals surface area (Å²) in [6.45, 7) is 7.12. The van der Waals surface area contributed by atoms with Crippen LogP contribution in [-0.4, -0.2) is 22.4 Å². The molecule has 3 nitrogen and oxygen atoms in total. The lowest BCUT2D eigenvalue weighted by Crippen LogP contribution is -2.58. The summed E-state index contributed by atoms with van der Waals surface area (Å²) in [7, 11) is 0. The van der Waals surface area contributed by atoms with Gasteiger partial charge in [-0.1, -0.05) is 75.4 Å². The minimum absolute atomic E-state index is 0.0765. The summed E-state index contributed by atoms with van der Waals surface area (Å²) in [5, 5.41) is 21.1. The van der Waals surface area contributed by atoms with E-state index in [1.165, 1.54) is 25.7 Å². The average Bonchev–Trinajstić information content (AvgIpc) is 3.30. The topological polar surface area (TPSA) is 57.5 Å². The van der Waals surface area contributed by atoms with Crippen LogP contribution in [0.1, 0.15) is 90.5 Å². The lowest BCUT2D eigenvalue weighted by atomic mass is 9.43. The number of fused-ring (bicyclic) bond motifs is 5. The van der Waals surface area contributed by atoms with Gasteiger partial charge in [0.15, 0.2) is 0 Å². The van der Waals surface area contributed by atoms with Crippen LogP contribution in [0.3, 0.4) is 0 Å². The van der Waals surface area contributed by atoms with Crippen molar-refractivity contribution in [1.82, 2.24) is 0 Å². The first-order valence-electron chi connectivity index (χ1n) is 15.8. The van der Waals surface area contributed by atoms with E-state index in [1.807, 2.05) is 42.5 Å². The van der Waals surface area contributed by atoms with Gasteiger partial charge < -0.3 is 10.2 Å². The second-order valence-electron chi connectivity index (χ2n) is 14.5. The van der Waals surface area contributed by atoms with Gasteiger partial charge in [-0.25, -0.2) is 4.39 Å². The summed E-state index contributed by atoms with van der Waals surface area (Å²) in [6, 6.07) is 18.1. The highest BCUT2D eigenvalue weighted by Gasteiger charge is 2.63. The third-order valence-electron chi connectivity index (χ3n) is 12.8. The lowest BCUT2D eigenvalue weighted by Gasteiger charge is -2.62.